The third-order valence-corrected chi connectivity index (χ3v) is 4.20. The van der Waals surface area contributed by atoms with E-state index in [1.54, 1.807) is 20.8 Å². The highest BCUT2D eigenvalue weighted by molar-refractivity contribution is 6.31. The molecule has 2 rings (SSSR count). The molecule has 0 fully saturated rings. The number of pyridine rings is 2. The number of amides is 1. The van der Waals surface area contributed by atoms with E-state index in [9.17, 15) is 22.8 Å². The van der Waals surface area contributed by atoms with Crippen LogP contribution in [-0.2, 0) is 11.0 Å². The Morgan fingerprint density at radius 2 is 1.87 bits per heavy atom. The number of hydrogen-bond acceptors (Lipinski definition) is 5. The van der Waals surface area contributed by atoms with Crippen LogP contribution in [0, 0.1) is 5.41 Å². The normalized spacial score (nSPS) is 11.8. The van der Waals surface area contributed by atoms with Crippen LogP contribution in [0.3, 0.4) is 0 Å². The van der Waals surface area contributed by atoms with Gasteiger partial charge in [-0.3, -0.25) is 9.59 Å². The average Bonchev–Trinajstić information content (AvgIpc) is 2.64. The lowest BCUT2D eigenvalue weighted by atomic mass is 9.96. The lowest BCUT2D eigenvalue weighted by Gasteiger charge is -2.17. The van der Waals surface area contributed by atoms with E-state index >= 15 is 0 Å². The summed E-state index contributed by atoms with van der Waals surface area (Å²) in [6, 6.07) is 3.75. The monoisotopic (exact) mass is 443 g/mol. The second-order valence-electron chi connectivity index (χ2n) is 7.52. The Morgan fingerprint density at radius 1 is 1.17 bits per heavy atom. The highest BCUT2D eigenvalue weighted by Gasteiger charge is 2.31. The van der Waals surface area contributed by atoms with Crippen LogP contribution in [0.4, 0.5) is 19.0 Å². The van der Waals surface area contributed by atoms with Gasteiger partial charge in [-0.15, -0.1) is 0 Å². The van der Waals surface area contributed by atoms with Crippen LogP contribution in [0.5, 0.6) is 5.88 Å². The first kappa shape index (κ1) is 23.6. The number of ether oxygens (including phenoxy) is 1. The summed E-state index contributed by atoms with van der Waals surface area (Å²) >= 11 is 5.77. The maximum atomic E-state index is 12.6. The summed E-state index contributed by atoms with van der Waals surface area (Å²) in [5.74, 6) is -0.279. The van der Waals surface area contributed by atoms with Crippen molar-refractivity contribution in [2.24, 2.45) is 5.41 Å². The maximum Gasteiger partial charge on any atom is 0.417 e. The number of aromatic nitrogens is 2. The number of halogens is 4. The van der Waals surface area contributed by atoms with Gasteiger partial charge in [0.15, 0.2) is 5.78 Å². The standard InChI is InChI=1S/C20H21ClF3N3O3/c1-19(2,3)18(29)27-16-9-12(6-7-25-16)15(28)5-4-8-30-17-14(21)10-13(11-26-17)20(22,23)24/h6-7,9-11H,4-5,8H2,1-3H3,(H,25,27,29). The number of rotatable bonds is 7. The van der Waals surface area contributed by atoms with Crippen LogP contribution in [0.15, 0.2) is 30.6 Å². The van der Waals surface area contributed by atoms with Crippen molar-refractivity contribution in [1.82, 2.24) is 9.97 Å². The minimum absolute atomic E-state index is 0.0442. The number of nitrogens with one attached hydrogen (secondary N) is 1. The number of nitrogens with zero attached hydrogens (tertiary/aromatic N) is 2. The molecule has 30 heavy (non-hydrogen) atoms. The van der Waals surface area contributed by atoms with Gasteiger partial charge in [-0.25, -0.2) is 9.97 Å². The van der Waals surface area contributed by atoms with Crippen molar-refractivity contribution in [1.29, 1.82) is 0 Å². The predicted molar refractivity (Wildman–Crippen MR) is 106 cm³/mol. The Balaban J connectivity index is 1.88. The summed E-state index contributed by atoms with van der Waals surface area (Å²) in [4.78, 5) is 32.0. The molecule has 0 aromatic carbocycles. The molecule has 2 heterocycles. The van der Waals surface area contributed by atoms with Crippen LogP contribution >= 0.6 is 11.6 Å². The van der Waals surface area contributed by atoms with Gasteiger partial charge in [0.1, 0.15) is 10.8 Å². The number of hydrogen-bond donors (Lipinski definition) is 1. The van der Waals surface area contributed by atoms with Crippen LogP contribution in [-0.4, -0.2) is 28.3 Å². The average molecular weight is 444 g/mol. The Morgan fingerprint density at radius 3 is 2.47 bits per heavy atom. The molecule has 0 aliphatic carbocycles. The molecule has 162 valence electrons. The first-order valence-corrected chi connectivity index (χ1v) is 9.42. The number of carbonyl (C=O) groups excluding carboxylic acids is 2. The zero-order valence-electron chi connectivity index (χ0n) is 16.6. The van der Waals surface area contributed by atoms with E-state index in [1.807, 2.05) is 0 Å². The molecule has 1 amide bonds. The summed E-state index contributed by atoms with van der Waals surface area (Å²) in [5.41, 5.74) is -1.20. The van der Waals surface area contributed by atoms with E-state index < -0.39 is 17.2 Å². The quantitative estimate of drug-likeness (QED) is 0.471. The maximum absolute atomic E-state index is 12.6. The van der Waals surface area contributed by atoms with Gasteiger partial charge in [-0.2, -0.15) is 13.2 Å². The Hall–Kier alpha value is -2.68. The Labute approximate surface area is 176 Å². The molecule has 0 aliphatic heterocycles. The minimum Gasteiger partial charge on any atom is -0.477 e. The molecular weight excluding hydrogens is 423 g/mol. The highest BCUT2D eigenvalue weighted by Crippen LogP contribution is 2.33. The third-order valence-electron chi connectivity index (χ3n) is 3.93. The molecule has 2 aromatic heterocycles. The zero-order chi connectivity index (χ0) is 22.5. The van der Waals surface area contributed by atoms with E-state index in [1.165, 1.54) is 18.3 Å². The number of alkyl halides is 3. The van der Waals surface area contributed by atoms with Crippen molar-refractivity contribution >= 4 is 29.1 Å². The molecule has 0 radical (unpaired) electrons. The summed E-state index contributed by atoms with van der Waals surface area (Å²) in [5, 5.41) is 2.40. The van der Waals surface area contributed by atoms with Crippen LogP contribution in [0.2, 0.25) is 5.02 Å². The number of ketones is 1. The fourth-order valence-corrected chi connectivity index (χ4v) is 2.43. The second kappa shape index (κ2) is 9.42. The topological polar surface area (TPSA) is 81.2 Å². The van der Waals surface area contributed by atoms with Crippen LogP contribution < -0.4 is 10.1 Å². The van der Waals surface area contributed by atoms with Gasteiger partial charge in [0.2, 0.25) is 11.8 Å². The lowest BCUT2D eigenvalue weighted by Crippen LogP contribution is -2.28. The van der Waals surface area contributed by atoms with Gasteiger partial charge in [0, 0.05) is 29.8 Å². The van der Waals surface area contributed by atoms with Gasteiger partial charge in [0.05, 0.1) is 12.2 Å². The van der Waals surface area contributed by atoms with Crippen molar-refractivity contribution in [3.8, 4) is 5.88 Å². The molecule has 2 aromatic rings. The van der Waals surface area contributed by atoms with E-state index in [0.29, 0.717) is 18.2 Å². The predicted octanol–water partition coefficient (Wildman–Crippen LogP) is 5.18. The van der Waals surface area contributed by atoms with Crippen molar-refractivity contribution < 1.29 is 27.5 Å². The molecule has 0 atom stereocenters. The summed E-state index contributed by atoms with van der Waals surface area (Å²) in [6.45, 7) is 5.32. The fraction of sp³-hybridized carbons (Fsp3) is 0.400. The van der Waals surface area contributed by atoms with Gasteiger partial charge in [-0.05, 0) is 24.6 Å². The molecule has 0 saturated carbocycles. The Kier molecular flexibility index (Phi) is 7.41. The molecule has 0 aliphatic rings. The van der Waals surface area contributed by atoms with E-state index in [2.05, 4.69) is 15.3 Å². The first-order valence-electron chi connectivity index (χ1n) is 9.04. The number of Topliss-reactive ketones (excluding diaryl/α,β-unsaturated/α-hetero) is 1. The van der Waals surface area contributed by atoms with Crippen molar-refractivity contribution in [3.63, 3.8) is 0 Å². The van der Waals surface area contributed by atoms with Gasteiger partial charge in [-0.1, -0.05) is 32.4 Å². The van der Waals surface area contributed by atoms with E-state index in [0.717, 1.165) is 6.07 Å². The van der Waals surface area contributed by atoms with Crippen molar-refractivity contribution in [2.45, 2.75) is 39.8 Å². The Bertz CT molecular complexity index is 927. The van der Waals surface area contributed by atoms with Gasteiger partial charge in [0.25, 0.3) is 0 Å². The molecule has 1 N–H and O–H groups in total. The van der Waals surface area contributed by atoms with Gasteiger partial charge < -0.3 is 10.1 Å². The van der Waals surface area contributed by atoms with Crippen LogP contribution in [0.1, 0.15) is 49.5 Å². The van der Waals surface area contributed by atoms with Crippen molar-refractivity contribution in [2.75, 3.05) is 11.9 Å². The largest absolute Gasteiger partial charge is 0.477 e. The lowest BCUT2D eigenvalue weighted by molar-refractivity contribution is -0.137. The van der Waals surface area contributed by atoms with Crippen molar-refractivity contribution in [3.05, 3.63) is 46.7 Å². The third kappa shape index (κ3) is 6.69. The number of carbonyl (C=O) groups is 2. The summed E-state index contributed by atoms with van der Waals surface area (Å²) < 4.78 is 43.1. The SMILES string of the molecule is CC(C)(C)C(=O)Nc1cc(C(=O)CCCOc2ncc(C(F)(F)F)cc2Cl)ccn1. The van der Waals surface area contributed by atoms with Crippen LogP contribution in [0.25, 0.3) is 0 Å². The molecular formula is C20H21ClF3N3O3. The molecule has 0 unspecified atom stereocenters. The molecule has 10 heteroatoms. The number of anilines is 1. The first-order chi connectivity index (χ1) is 13.9. The second-order valence-corrected chi connectivity index (χ2v) is 7.93. The molecule has 0 bridgehead atoms. The van der Waals surface area contributed by atoms with E-state index in [4.69, 9.17) is 16.3 Å². The summed E-state index contributed by atoms with van der Waals surface area (Å²) in [7, 11) is 0. The highest BCUT2D eigenvalue weighted by atomic mass is 35.5. The zero-order valence-corrected chi connectivity index (χ0v) is 17.4. The molecule has 0 spiro atoms. The van der Waals surface area contributed by atoms with E-state index in [-0.39, 0.29) is 41.4 Å². The smallest absolute Gasteiger partial charge is 0.417 e. The summed E-state index contributed by atoms with van der Waals surface area (Å²) in [6.07, 6.45) is -2.07. The van der Waals surface area contributed by atoms with Gasteiger partial charge >= 0.3 is 6.18 Å². The fourth-order valence-electron chi connectivity index (χ4n) is 2.21. The molecule has 0 saturated heterocycles. The molecule has 6 nitrogen and oxygen atoms in total. The minimum atomic E-state index is -4.54.